The molecule has 2 unspecified atom stereocenters. The van der Waals surface area contributed by atoms with E-state index in [0.29, 0.717) is 5.41 Å². The molecule has 0 aromatic rings. The number of unbranched alkanes of at least 4 members (excludes halogenated alkanes) is 1. The molecule has 0 aliphatic heterocycles. The zero-order valence-corrected chi connectivity index (χ0v) is 13.5. The van der Waals surface area contributed by atoms with E-state index in [4.69, 9.17) is 0 Å². The summed E-state index contributed by atoms with van der Waals surface area (Å²) in [7, 11) is 0. The lowest BCUT2D eigenvalue weighted by molar-refractivity contribution is 0.288. The van der Waals surface area contributed by atoms with Crippen molar-refractivity contribution < 1.29 is 0 Å². The lowest BCUT2D eigenvalue weighted by Gasteiger charge is -2.23. The molecule has 0 aromatic carbocycles. The minimum Gasteiger partial charge on any atom is -0.0628 e. The van der Waals surface area contributed by atoms with Gasteiger partial charge in [0.05, 0.1) is 0 Å². The highest BCUT2D eigenvalue weighted by molar-refractivity contribution is 4.66. The monoisotopic (exact) mass is 240 g/mol. The van der Waals surface area contributed by atoms with E-state index in [1.54, 1.807) is 0 Å². The minimum absolute atomic E-state index is 0.504. The van der Waals surface area contributed by atoms with Gasteiger partial charge in [0.1, 0.15) is 0 Å². The van der Waals surface area contributed by atoms with E-state index >= 15 is 0 Å². The molecule has 0 aliphatic rings. The number of rotatable bonds is 8. The molecule has 0 heteroatoms. The van der Waals surface area contributed by atoms with Gasteiger partial charge in [-0.1, -0.05) is 74.1 Å². The molecule has 104 valence electrons. The molecule has 0 N–H and O–H groups in total. The molecule has 2 atom stereocenters. The van der Waals surface area contributed by atoms with Crippen molar-refractivity contribution >= 4 is 0 Å². The van der Waals surface area contributed by atoms with Gasteiger partial charge in [0.25, 0.3) is 0 Å². The van der Waals surface area contributed by atoms with Crippen LogP contribution >= 0.6 is 0 Å². The molecule has 0 fully saturated rings. The third-order valence-corrected chi connectivity index (χ3v) is 3.48. The Morgan fingerprint density at radius 2 is 1.24 bits per heavy atom. The van der Waals surface area contributed by atoms with Crippen molar-refractivity contribution in [3.8, 4) is 0 Å². The fraction of sp³-hybridized carbons (Fsp3) is 1.00. The quantitative estimate of drug-likeness (QED) is 0.437. The third kappa shape index (κ3) is 12.2. The van der Waals surface area contributed by atoms with Crippen molar-refractivity contribution in [2.75, 3.05) is 0 Å². The Morgan fingerprint density at radius 1 is 0.765 bits per heavy atom. The van der Waals surface area contributed by atoms with Gasteiger partial charge in [-0.25, -0.2) is 0 Å². The summed E-state index contributed by atoms with van der Waals surface area (Å²) >= 11 is 0. The molecular formula is C17H36. The second-order valence-electron chi connectivity index (χ2n) is 7.89. The summed E-state index contributed by atoms with van der Waals surface area (Å²) in [4.78, 5) is 0. The van der Waals surface area contributed by atoms with Crippen LogP contribution in [0.4, 0.5) is 0 Å². The lowest BCUT2D eigenvalue weighted by atomic mass is 9.83. The Bertz CT molecular complexity index is 173. The maximum absolute atomic E-state index is 2.42. The predicted molar refractivity (Wildman–Crippen MR) is 80.3 cm³/mol. The van der Waals surface area contributed by atoms with Gasteiger partial charge in [0, 0.05) is 0 Å². The summed E-state index contributed by atoms with van der Waals surface area (Å²) in [6.07, 6.45) is 8.49. The van der Waals surface area contributed by atoms with Crippen LogP contribution in [0.5, 0.6) is 0 Å². The van der Waals surface area contributed by atoms with Crippen molar-refractivity contribution in [2.24, 2.45) is 23.2 Å². The van der Waals surface area contributed by atoms with Gasteiger partial charge in [-0.3, -0.25) is 0 Å². The van der Waals surface area contributed by atoms with Crippen LogP contribution in [0.25, 0.3) is 0 Å². The molecule has 0 aromatic heterocycles. The Labute approximate surface area is 111 Å². The highest BCUT2D eigenvalue weighted by Gasteiger charge is 2.14. The summed E-state index contributed by atoms with van der Waals surface area (Å²) in [5.41, 5.74) is 0.504. The molecule has 0 saturated heterocycles. The topological polar surface area (TPSA) is 0 Å². The van der Waals surface area contributed by atoms with Crippen molar-refractivity contribution in [2.45, 2.75) is 87.0 Å². The van der Waals surface area contributed by atoms with Crippen LogP contribution in [0.2, 0.25) is 0 Å². The van der Waals surface area contributed by atoms with E-state index in [0.717, 1.165) is 17.8 Å². The largest absolute Gasteiger partial charge is 0.0628 e. The summed E-state index contributed by atoms with van der Waals surface area (Å²) in [5.74, 6) is 2.69. The van der Waals surface area contributed by atoms with Crippen molar-refractivity contribution in [1.29, 1.82) is 0 Å². The average Bonchev–Trinajstić information content (AvgIpc) is 2.08. The first-order valence-corrected chi connectivity index (χ1v) is 7.70. The van der Waals surface area contributed by atoms with Crippen molar-refractivity contribution in [3.05, 3.63) is 0 Å². The van der Waals surface area contributed by atoms with Crippen molar-refractivity contribution in [3.63, 3.8) is 0 Å². The van der Waals surface area contributed by atoms with Gasteiger partial charge in [-0.15, -0.1) is 0 Å². The molecular weight excluding hydrogens is 204 g/mol. The van der Waals surface area contributed by atoms with Crippen LogP contribution < -0.4 is 0 Å². The van der Waals surface area contributed by atoms with E-state index in [2.05, 4.69) is 48.5 Å². The number of hydrogen-bond donors (Lipinski definition) is 0. The maximum Gasteiger partial charge on any atom is -0.0380 e. The summed E-state index contributed by atoms with van der Waals surface area (Å²) < 4.78 is 0. The third-order valence-electron chi connectivity index (χ3n) is 3.48. The highest BCUT2D eigenvalue weighted by Crippen LogP contribution is 2.27. The second-order valence-corrected chi connectivity index (χ2v) is 7.89. The SMILES string of the molecule is CC(C)CC(C)CCCCC(C)CC(C)(C)C. The summed E-state index contributed by atoms with van der Waals surface area (Å²) in [6.45, 7) is 16.6. The molecule has 0 saturated carbocycles. The minimum atomic E-state index is 0.504. The zero-order valence-electron chi connectivity index (χ0n) is 13.5. The fourth-order valence-corrected chi connectivity index (χ4v) is 3.06. The van der Waals surface area contributed by atoms with E-state index in [1.807, 2.05) is 0 Å². The predicted octanol–water partition coefficient (Wildman–Crippen LogP) is 6.30. The molecule has 0 nitrogen and oxygen atoms in total. The van der Waals surface area contributed by atoms with Gasteiger partial charge in [0.2, 0.25) is 0 Å². The molecule has 0 radical (unpaired) electrons. The Morgan fingerprint density at radius 3 is 1.65 bits per heavy atom. The molecule has 0 amide bonds. The van der Waals surface area contributed by atoms with Crippen molar-refractivity contribution in [1.82, 2.24) is 0 Å². The molecule has 0 spiro atoms. The lowest BCUT2D eigenvalue weighted by Crippen LogP contribution is -2.11. The molecule has 0 bridgehead atoms. The van der Waals surface area contributed by atoms with E-state index in [-0.39, 0.29) is 0 Å². The van der Waals surface area contributed by atoms with Crippen LogP contribution in [0.15, 0.2) is 0 Å². The van der Waals surface area contributed by atoms with Crippen LogP contribution in [0, 0.1) is 23.2 Å². The van der Waals surface area contributed by atoms with Gasteiger partial charge in [0.15, 0.2) is 0 Å². The summed E-state index contributed by atoms with van der Waals surface area (Å²) in [6, 6.07) is 0. The Balaban J connectivity index is 3.51. The van der Waals surface area contributed by atoms with Gasteiger partial charge in [-0.2, -0.15) is 0 Å². The smallest absolute Gasteiger partial charge is 0.0380 e. The molecule has 0 aliphatic carbocycles. The van der Waals surface area contributed by atoms with Gasteiger partial charge < -0.3 is 0 Å². The van der Waals surface area contributed by atoms with Crippen LogP contribution in [0.1, 0.15) is 87.0 Å². The van der Waals surface area contributed by atoms with E-state index in [1.165, 1.54) is 38.5 Å². The van der Waals surface area contributed by atoms with Crippen LogP contribution in [0.3, 0.4) is 0 Å². The first kappa shape index (κ1) is 17.0. The maximum atomic E-state index is 2.42. The van der Waals surface area contributed by atoms with E-state index in [9.17, 15) is 0 Å². The first-order valence-electron chi connectivity index (χ1n) is 7.70. The highest BCUT2D eigenvalue weighted by atomic mass is 14.2. The van der Waals surface area contributed by atoms with Gasteiger partial charge in [-0.05, 0) is 36.0 Å². The normalized spacial score (nSPS) is 16.2. The average molecular weight is 240 g/mol. The molecule has 17 heavy (non-hydrogen) atoms. The fourth-order valence-electron chi connectivity index (χ4n) is 3.06. The van der Waals surface area contributed by atoms with E-state index < -0.39 is 0 Å². The number of hydrogen-bond acceptors (Lipinski definition) is 0. The van der Waals surface area contributed by atoms with Crippen LogP contribution in [-0.2, 0) is 0 Å². The Hall–Kier alpha value is 0. The molecule has 0 rings (SSSR count). The second kappa shape index (κ2) is 8.16. The van der Waals surface area contributed by atoms with Crippen LogP contribution in [-0.4, -0.2) is 0 Å². The zero-order chi connectivity index (χ0) is 13.5. The first-order chi connectivity index (χ1) is 7.70. The Kier molecular flexibility index (Phi) is 8.16. The summed E-state index contributed by atoms with van der Waals surface area (Å²) in [5, 5.41) is 0. The van der Waals surface area contributed by atoms with Gasteiger partial charge >= 0.3 is 0 Å². The standard InChI is InChI=1S/C17H36/c1-14(2)12-15(3)10-8-9-11-16(4)13-17(5,6)7/h14-16H,8-13H2,1-7H3. The molecule has 0 heterocycles.